The lowest BCUT2D eigenvalue weighted by molar-refractivity contribution is -0.115. The summed E-state index contributed by atoms with van der Waals surface area (Å²) in [6.07, 6.45) is 1.38. The van der Waals surface area contributed by atoms with Gasteiger partial charge in [-0.15, -0.1) is 0 Å². The van der Waals surface area contributed by atoms with Gasteiger partial charge in [-0.3, -0.25) is 9.59 Å². The Morgan fingerprint density at radius 2 is 2.05 bits per heavy atom. The van der Waals surface area contributed by atoms with Gasteiger partial charge < -0.3 is 10.6 Å². The summed E-state index contributed by atoms with van der Waals surface area (Å²) in [7, 11) is 0. The predicted octanol–water partition coefficient (Wildman–Crippen LogP) is 1.38. The molecule has 0 bridgehead atoms. The van der Waals surface area contributed by atoms with Crippen LogP contribution < -0.4 is 10.6 Å². The van der Waals surface area contributed by atoms with Crippen molar-refractivity contribution in [2.24, 2.45) is 0 Å². The molecule has 0 saturated carbocycles. The smallest absolute Gasteiger partial charge is 0.251 e. The molecule has 2 aromatic rings. The number of carbonyl (C=O) groups excluding carboxylic acids is 2. The Hall–Kier alpha value is -2.72. The van der Waals surface area contributed by atoms with Crippen LogP contribution in [0.15, 0.2) is 36.5 Å². The van der Waals surface area contributed by atoms with Crippen molar-refractivity contribution in [1.82, 2.24) is 10.3 Å². The van der Waals surface area contributed by atoms with Crippen LogP contribution in [0.3, 0.4) is 0 Å². The van der Waals surface area contributed by atoms with E-state index in [2.05, 4.69) is 15.6 Å². The summed E-state index contributed by atoms with van der Waals surface area (Å²) in [5.74, 6) is -0.717. The van der Waals surface area contributed by atoms with E-state index in [4.69, 9.17) is 5.26 Å². The zero-order valence-electron chi connectivity index (χ0n) is 10.3. The lowest BCUT2D eigenvalue weighted by Gasteiger charge is -2.04. The molecule has 0 aliphatic rings. The molecule has 1 aromatic heterocycles. The van der Waals surface area contributed by atoms with Gasteiger partial charge in [-0.25, -0.2) is 4.98 Å². The molecule has 0 atom stereocenters. The van der Waals surface area contributed by atoms with Gasteiger partial charge in [0, 0.05) is 5.56 Å². The maximum Gasteiger partial charge on any atom is 0.251 e. The Morgan fingerprint density at radius 3 is 2.70 bits per heavy atom. The minimum atomic E-state index is -0.395. The number of carbonyl (C=O) groups is 2. The SMILES string of the molecule is N#Cc1cnc(NC(=O)CNC(=O)c2ccccc2)s1. The molecule has 1 aromatic carbocycles. The third-order valence-corrected chi connectivity index (χ3v) is 3.13. The second-order valence-corrected chi connectivity index (χ2v) is 4.77. The summed E-state index contributed by atoms with van der Waals surface area (Å²) in [4.78, 5) is 27.6. The number of rotatable bonds is 4. The van der Waals surface area contributed by atoms with Crippen LogP contribution in [-0.2, 0) is 4.79 Å². The fourth-order valence-electron chi connectivity index (χ4n) is 1.40. The summed E-state index contributed by atoms with van der Waals surface area (Å²) in [5, 5.41) is 14.0. The number of aromatic nitrogens is 1. The van der Waals surface area contributed by atoms with Crippen molar-refractivity contribution >= 4 is 28.3 Å². The van der Waals surface area contributed by atoms with Gasteiger partial charge in [-0.2, -0.15) is 5.26 Å². The van der Waals surface area contributed by atoms with Crippen molar-refractivity contribution in [3.8, 4) is 6.07 Å². The molecule has 2 rings (SSSR count). The van der Waals surface area contributed by atoms with E-state index in [1.807, 2.05) is 6.07 Å². The summed E-state index contributed by atoms with van der Waals surface area (Å²) in [6, 6.07) is 10.5. The van der Waals surface area contributed by atoms with Crippen LogP contribution in [0.2, 0.25) is 0 Å². The Kier molecular flexibility index (Phi) is 4.42. The fourth-order valence-corrected chi connectivity index (χ4v) is 2.03. The summed E-state index contributed by atoms with van der Waals surface area (Å²) in [6.45, 7) is -0.158. The van der Waals surface area contributed by atoms with Gasteiger partial charge in [0.2, 0.25) is 5.91 Å². The van der Waals surface area contributed by atoms with Crippen LogP contribution in [0.5, 0.6) is 0 Å². The van der Waals surface area contributed by atoms with Gasteiger partial charge in [0.25, 0.3) is 5.91 Å². The van der Waals surface area contributed by atoms with E-state index in [0.717, 1.165) is 11.3 Å². The molecule has 2 N–H and O–H groups in total. The van der Waals surface area contributed by atoms with Crippen molar-refractivity contribution < 1.29 is 9.59 Å². The zero-order chi connectivity index (χ0) is 14.4. The number of nitrogens with one attached hydrogen (secondary N) is 2. The highest BCUT2D eigenvalue weighted by molar-refractivity contribution is 7.16. The maximum absolute atomic E-state index is 11.7. The average molecular weight is 286 g/mol. The number of hydrogen-bond acceptors (Lipinski definition) is 5. The minimum absolute atomic E-state index is 0.158. The monoisotopic (exact) mass is 286 g/mol. The molecule has 100 valence electrons. The molecule has 0 unspecified atom stereocenters. The molecule has 0 spiro atoms. The Bertz CT molecular complexity index is 661. The van der Waals surface area contributed by atoms with Gasteiger partial charge in [-0.1, -0.05) is 29.5 Å². The van der Waals surface area contributed by atoms with Crippen LogP contribution in [-0.4, -0.2) is 23.3 Å². The number of amides is 2. The van der Waals surface area contributed by atoms with Crippen molar-refractivity contribution in [2.75, 3.05) is 11.9 Å². The first-order chi connectivity index (χ1) is 9.69. The fraction of sp³-hybridized carbons (Fsp3) is 0.0769. The van der Waals surface area contributed by atoms with Crippen molar-refractivity contribution in [3.05, 3.63) is 47.0 Å². The van der Waals surface area contributed by atoms with Crippen LogP contribution in [0.25, 0.3) is 0 Å². The van der Waals surface area contributed by atoms with Gasteiger partial charge in [0.05, 0.1) is 12.7 Å². The average Bonchev–Trinajstić information content (AvgIpc) is 2.93. The van der Waals surface area contributed by atoms with E-state index in [-0.39, 0.29) is 12.5 Å². The largest absolute Gasteiger partial charge is 0.343 e. The van der Waals surface area contributed by atoms with E-state index in [9.17, 15) is 9.59 Å². The molecule has 0 saturated heterocycles. The second kappa shape index (κ2) is 6.45. The molecule has 2 amide bonds. The lowest BCUT2D eigenvalue weighted by Crippen LogP contribution is -2.32. The minimum Gasteiger partial charge on any atom is -0.343 e. The second-order valence-electron chi connectivity index (χ2n) is 3.74. The summed E-state index contributed by atoms with van der Waals surface area (Å²) in [5.41, 5.74) is 0.487. The van der Waals surface area contributed by atoms with E-state index < -0.39 is 5.91 Å². The Balaban J connectivity index is 1.84. The third kappa shape index (κ3) is 3.63. The highest BCUT2D eigenvalue weighted by atomic mass is 32.1. The number of nitriles is 1. The first-order valence-electron chi connectivity index (χ1n) is 5.68. The molecule has 1 heterocycles. The predicted molar refractivity (Wildman–Crippen MR) is 74.2 cm³/mol. The highest BCUT2D eigenvalue weighted by Crippen LogP contribution is 2.16. The third-order valence-electron chi connectivity index (χ3n) is 2.31. The number of nitrogens with zero attached hydrogens (tertiary/aromatic N) is 2. The maximum atomic E-state index is 11.7. The van der Waals surface area contributed by atoms with Gasteiger partial charge in [0.1, 0.15) is 10.9 Å². The van der Waals surface area contributed by atoms with Crippen molar-refractivity contribution in [2.45, 2.75) is 0 Å². The number of hydrogen-bond donors (Lipinski definition) is 2. The van der Waals surface area contributed by atoms with E-state index >= 15 is 0 Å². The van der Waals surface area contributed by atoms with Gasteiger partial charge >= 0.3 is 0 Å². The molecule has 20 heavy (non-hydrogen) atoms. The van der Waals surface area contributed by atoms with Crippen LogP contribution in [0.4, 0.5) is 5.13 Å². The van der Waals surface area contributed by atoms with Crippen LogP contribution in [0, 0.1) is 11.3 Å². The standard InChI is InChI=1S/C13H10N4O2S/c14-6-10-7-16-13(20-10)17-11(18)8-15-12(19)9-4-2-1-3-5-9/h1-5,7H,8H2,(H,15,19)(H,16,17,18). The number of benzene rings is 1. The normalized spacial score (nSPS) is 9.55. The quantitative estimate of drug-likeness (QED) is 0.887. The molecule has 6 nitrogen and oxygen atoms in total. The topological polar surface area (TPSA) is 94.9 Å². The number of anilines is 1. The molecule has 0 aliphatic carbocycles. The van der Waals surface area contributed by atoms with Crippen molar-refractivity contribution in [1.29, 1.82) is 5.26 Å². The lowest BCUT2D eigenvalue weighted by atomic mass is 10.2. The molecular formula is C13H10N4O2S. The highest BCUT2D eigenvalue weighted by Gasteiger charge is 2.09. The Labute approximate surface area is 119 Å². The first kappa shape index (κ1) is 13.7. The van der Waals surface area contributed by atoms with Gasteiger partial charge in [-0.05, 0) is 12.1 Å². The van der Waals surface area contributed by atoms with E-state index in [1.54, 1.807) is 30.3 Å². The van der Waals surface area contributed by atoms with E-state index in [0.29, 0.717) is 15.6 Å². The molecule has 0 aliphatic heterocycles. The molecule has 7 heteroatoms. The molecule has 0 fully saturated rings. The molecular weight excluding hydrogens is 276 g/mol. The first-order valence-corrected chi connectivity index (χ1v) is 6.49. The van der Waals surface area contributed by atoms with E-state index in [1.165, 1.54) is 6.20 Å². The van der Waals surface area contributed by atoms with Crippen LogP contribution >= 0.6 is 11.3 Å². The zero-order valence-corrected chi connectivity index (χ0v) is 11.1. The molecule has 0 radical (unpaired) electrons. The van der Waals surface area contributed by atoms with Crippen molar-refractivity contribution in [3.63, 3.8) is 0 Å². The van der Waals surface area contributed by atoms with Crippen LogP contribution in [0.1, 0.15) is 15.2 Å². The Morgan fingerprint density at radius 1 is 1.30 bits per heavy atom. The summed E-state index contributed by atoms with van der Waals surface area (Å²) >= 11 is 1.07. The number of thiazole rings is 1. The summed E-state index contributed by atoms with van der Waals surface area (Å²) < 4.78 is 0. The van der Waals surface area contributed by atoms with Gasteiger partial charge in [0.15, 0.2) is 5.13 Å².